The second-order valence-electron chi connectivity index (χ2n) is 7.25. The van der Waals surface area contributed by atoms with Crippen LogP contribution in [-0.4, -0.2) is 36.2 Å². The van der Waals surface area contributed by atoms with Gasteiger partial charge in [-0.3, -0.25) is 14.2 Å². The summed E-state index contributed by atoms with van der Waals surface area (Å²) < 4.78 is 11.8. The van der Waals surface area contributed by atoms with Crippen molar-refractivity contribution < 1.29 is 14.3 Å². The summed E-state index contributed by atoms with van der Waals surface area (Å²) in [5.74, 6) is 2.55. The van der Waals surface area contributed by atoms with Gasteiger partial charge in [-0.05, 0) is 36.7 Å². The Labute approximate surface area is 157 Å². The van der Waals surface area contributed by atoms with Gasteiger partial charge < -0.3 is 14.8 Å². The molecule has 7 heteroatoms. The Balaban J connectivity index is 1.48. The van der Waals surface area contributed by atoms with E-state index >= 15 is 0 Å². The number of fused-ring (bicyclic) bond motifs is 3. The number of amides is 1. The van der Waals surface area contributed by atoms with Crippen LogP contribution < -0.4 is 20.3 Å². The van der Waals surface area contributed by atoms with Crippen molar-refractivity contribution in [2.45, 2.75) is 19.4 Å². The van der Waals surface area contributed by atoms with Gasteiger partial charge in [-0.1, -0.05) is 12.2 Å². The van der Waals surface area contributed by atoms with E-state index in [1.165, 1.54) is 31.5 Å². The van der Waals surface area contributed by atoms with Gasteiger partial charge in [0, 0.05) is 12.6 Å². The number of ether oxygens (including phenoxy) is 2. The first-order valence-corrected chi connectivity index (χ1v) is 9.15. The van der Waals surface area contributed by atoms with Gasteiger partial charge in [-0.25, -0.2) is 4.98 Å². The molecule has 2 aliphatic carbocycles. The minimum Gasteiger partial charge on any atom is -0.493 e. The van der Waals surface area contributed by atoms with Crippen molar-refractivity contribution >= 4 is 16.8 Å². The van der Waals surface area contributed by atoms with E-state index < -0.39 is 0 Å². The van der Waals surface area contributed by atoms with Crippen molar-refractivity contribution in [1.29, 1.82) is 0 Å². The molecule has 142 valence electrons. The molecule has 0 radical (unpaired) electrons. The number of carbonyl (C=O) groups is 1. The maximum Gasteiger partial charge on any atom is 0.261 e. The van der Waals surface area contributed by atoms with Crippen LogP contribution in [0.25, 0.3) is 10.9 Å². The first-order valence-electron chi connectivity index (χ1n) is 9.15. The van der Waals surface area contributed by atoms with Gasteiger partial charge in [0.1, 0.15) is 6.54 Å². The summed E-state index contributed by atoms with van der Waals surface area (Å²) in [7, 11) is 3.04. The Morgan fingerprint density at radius 1 is 1.22 bits per heavy atom. The van der Waals surface area contributed by atoms with Crippen LogP contribution in [-0.2, 0) is 11.3 Å². The molecule has 1 aromatic heterocycles. The molecular weight excluding hydrogens is 346 g/mol. The molecule has 1 N–H and O–H groups in total. The Kier molecular flexibility index (Phi) is 4.59. The number of carbonyl (C=O) groups excluding carboxylic acids is 1. The first-order chi connectivity index (χ1) is 13.1. The van der Waals surface area contributed by atoms with Crippen molar-refractivity contribution in [3.05, 3.63) is 41.0 Å². The minimum absolute atomic E-state index is 0.0488. The van der Waals surface area contributed by atoms with Gasteiger partial charge in [0.25, 0.3) is 5.56 Å². The Morgan fingerprint density at radius 2 is 2.00 bits per heavy atom. The fraction of sp³-hybridized carbons (Fsp3) is 0.450. The van der Waals surface area contributed by atoms with E-state index in [1.807, 2.05) is 0 Å². The first kappa shape index (κ1) is 17.6. The lowest BCUT2D eigenvalue weighted by Gasteiger charge is -2.18. The lowest BCUT2D eigenvalue weighted by molar-refractivity contribution is -0.121. The molecule has 1 amide bonds. The molecule has 2 aliphatic rings. The SMILES string of the molecule is COc1cc2ncn(CC(=O)NC[C@@H]3C[C@@H]4C=C[C@@H]3C4)c(=O)c2cc1OC. The monoisotopic (exact) mass is 369 g/mol. The van der Waals surface area contributed by atoms with E-state index in [2.05, 4.69) is 22.5 Å². The van der Waals surface area contributed by atoms with E-state index in [9.17, 15) is 9.59 Å². The fourth-order valence-corrected chi connectivity index (χ4v) is 4.18. The van der Waals surface area contributed by atoms with Gasteiger partial charge in [0.05, 0.1) is 31.4 Å². The highest BCUT2D eigenvalue weighted by Crippen LogP contribution is 2.42. The summed E-state index contributed by atoms with van der Waals surface area (Å²) >= 11 is 0. The largest absolute Gasteiger partial charge is 0.493 e. The van der Waals surface area contributed by atoms with Gasteiger partial charge in [-0.15, -0.1) is 0 Å². The summed E-state index contributed by atoms with van der Waals surface area (Å²) in [5, 5.41) is 3.36. The van der Waals surface area contributed by atoms with Gasteiger partial charge >= 0.3 is 0 Å². The zero-order chi connectivity index (χ0) is 19.0. The minimum atomic E-state index is -0.279. The van der Waals surface area contributed by atoms with E-state index in [0.29, 0.717) is 46.7 Å². The average Bonchev–Trinajstić information content (AvgIpc) is 3.31. The normalized spacial score (nSPS) is 23.0. The smallest absolute Gasteiger partial charge is 0.261 e. The van der Waals surface area contributed by atoms with E-state index in [-0.39, 0.29) is 18.0 Å². The third-order valence-electron chi connectivity index (χ3n) is 5.62. The molecule has 0 aliphatic heterocycles. The number of hydrogen-bond donors (Lipinski definition) is 1. The predicted octanol–water partition coefficient (Wildman–Crippen LogP) is 1.74. The lowest BCUT2D eigenvalue weighted by Crippen LogP contribution is -2.36. The molecule has 0 saturated heterocycles. The highest BCUT2D eigenvalue weighted by Gasteiger charge is 2.35. The van der Waals surface area contributed by atoms with Crippen LogP contribution in [0, 0.1) is 17.8 Å². The Bertz CT molecular complexity index is 966. The number of rotatable bonds is 6. The van der Waals surface area contributed by atoms with Gasteiger partial charge in [0.2, 0.25) is 5.91 Å². The molecule has 0 unspecified atom stereocenters. The van der Waals surface area contributed by atoms with Crippen LogP contribution in [0.1, 0.15) is 12.8 Å². The van der Waals surface area contributed by atoms with Gasteiger partial charge in [0.15, 0.2) is 11.5 Å². The topological polar surface area (TPSA) is 82.5 Å². The third kappa shape index (κ3) is 3.29. The summed E-state index contributed by atoms with van der Waals surface area (Å²) in [5.41, 5.74) is 0.224. The van der Waals surface area contributed by atoms with Crippen LogP contribution in [0.3, 0.4) is 0 Å². The lowest BCUT2D eigenvalue weighted by atomic mass is 9.94. The van der Waals surface area contributed by atoms with Crippen molar-refractivity contribution in [3.63, 3.8) is 0 Å². The standard InChI is InChI=1S/C20H23N3O4/c1-26-17-7-15-16(8-18(17)27-2)22-11-23(20(15)25)10-19(24)21-9-14-6-12-3-4-13(14)5-12/h3-4,7-8,11-14H,5-6,9-10H2,1-2H3,(H,21,24)/t12-,13-,14+/m1/s1. The van der Waals surface area contributed by atoms with E-state index in [0.717, 1.165) is 6.42 Å². The average molecular weight is 369 g/mol. The molecule has 1 heterocycles. The number of nitrogens with one attached hydrogen (secondary N) is 1. The zero-order valence-corrected chi connectivity index (χ0v) is 15.5. The predicted molar refractivity (Wildman–Crippen MR) is 101 cm³/mol. The van der Waals surface area contributed by atoms with Crippen molar-refractivity contribution in [3.8, 4) is 11.5 Å². The maximum atomic E-state index is 12.7. The number of aromatic nitrogens is 2. The molecule has 7 nitrogen and oxygen atoms in total. The highest BCUT2D eigenvalue weighted by atomic mass is 16.5. The van der Waals surface area contributed by atoms with Crippen molar-refractivity contribution in [1.82, 2.24) is 14.9 Å². The van der Waals surface area contributed by atoms with Crippen LogP contribution >= 0.6 is 0 Å². The number of hydrogen-bond acceptors (Lipinski definition) is 5. The molecule has 1 aromatic carbocycles. The zero-order valence-electron chi connectivity index (χ0n) is 15.5. The van der Waals surface area contributed by atoms with Crippen LogP contribution in [0.15, 0.2) is 35.4 Å². The molecule has 4 rings (SSSR count). The van der Waals surface area contributed by atoms with Gasteiger partial charge in [-0.2, -0.15) is 0 Å². The molecular formula is C20H23N3O4. The Morgan fingerprint density at radius 3 is 2.67 bits per heavy atom. The summed E-state index contributed by atoms with van der Waals surface area (Å²) in [6, 6.07) is 3.25. The van der Waals surface area contributed by atoms with E-state index in [1.54, 1.807) is 12.1 Å². The van der Waals surface area contributed by atoms with Crippen molar-refractivity contribution in [2.75, 3.05) is 20.8 Å². The molecule has 2 aromatic rings. The second kappa shape index (κ2) is 7.06. The van der Waals surface area contributed by atoms with Crippen LogP contribution in [0.4, 0.5) is 0 Å². The Hall–Kier alpha value is -2.83. The summed E-state index contributed by atoms with van der Waals surface area (Å²) in [4.78, 5) is 29.3. The van der Waals surface area contributed by atoms with Crippen LogP contribution in [0.5, 0.6) is 11.5 Å². The molecule has 1 saturated carbocycles. The number of allylic oxidation sites excluding steroid dienone is 2. The molecule has 3 atom stereocenters. The van der Waals surface area contributed by atoms with Crippen molar-refractivity contribution in [2.24, 2.45) is 17.8 Å². The fourth-order valence-electron chi connectivity index (χ4n) is 4.18. The highest BCUT2D eigenvalue weighted by molar-refractivity contribution is 5.82. The number of benzene rings is 1. The quantitative estimate of drug-likeness (QED) is 0.785. The number of methoxy groups -OCH3 is 2. The maximum absolute atomic E-state index is 12.7. The molecule has 2 bridgehead atoms. The molecule has 27 heavy (non-hydrogen) atoms. The summed E-state index contributed by atoms with van der Waals surface area (Å²) in [6.07, 6.45) is 8.30. The summed E-state index contributed by atoms with van der Waals surface area (Å²) in [6.45, 7) is 0.609. The second-order valence-corrected chi connectivity index (χ2v) is 7.25. The third-order valence-corrected chi connectivity index (χ3v) is 5.62. The van der Waals surface area contributed by atoms with E-state index in [4.69, 9.17) is 9.47 Å². The molecule has 1 fully saturated rings. The molecule has 0 spiro atoms. The number of nitrogens with zero attached hydrogens (tertiary/aromatic N) is 2. The van der Waals surface area contributed by atoms with Crippen LogP contribution in [0.2, 0.25) is 0 Å².